The Bertz CT molecular complexity index is 1250. The summed E-state index contributed by atoms with van der Waals surface area (Å²) in [4.78, 5) is 31.2. The minimum Gasteiger partial charge on any atom is -0.488 e. The van der Waals surface area contributed by atoms with E-state index < -0.39 is 0 Å². The summed E-state index contributed by atoms with van der Waals surface area (Å²) in [5.41, 5.74) is 1.86. The Morgan fingerprint density at radius 3 is 2.68 bits per heavy atom. The summed E-state index contributed by atoms with van der Waals surface area (Å²) in [5.74, 6) is 0.872. The number of hydrogen-bond acceptors (Lipinski definition) is 8. The molecular formula is C24H28N6O4. The molecule has 0 N–H and O–H groups in total. The zero-order valence-corrected chi connectivity index (χ0v) is 19.8. The van der Waals surface area contributed by atoms with Gasteiger partial charge in [0.25, 0.3) is 11.4 Å². The number of aromatic nitrogens is 4. The van der Waals surface area contributed by atoms with Gasteiger partial charge in [0.15, 0.2) is 5.75 Å². The number of pyridine rings is 2. The van der Waals surface area contributed by atoms with E-state index in [9.17, 15) is 4.79 Å². The Morgan fingerprint density at radius 2 is 2.00 bits per heavy atom. The van der Waals surface area contributed by atoms with E-state index >= 15 is 0 Å². The minimum atomic E-state index is -0.267. The molecule has 1 saturated heterocycles. The van der Waals surface area contributed by atoms with Crippen LogP contribution in [0.15, 0.2) is 35.4 Å². The summed E-state index contributed by atoms with van der Waals surface area (Å²) in [6.45, 7) is 14.8. The molecule has 0 radical (unpaired) electrons. The molecule has 4 rings (SSSR count). The van der Waals surface area contributed by atoms with E-state index in [4.69, 9.17) is 20.8 Å². The highest BCUT2D eigenvalue weighted by Crippen LogP contribution is 2.29. The molecule has 3 aromatic heterocycles. The fourth-order valence-corrected chi connectivity index (χ4v) is 4.06. The molecule has 0 bridgehead atoms. The summed E-state index contributed by atoms with van der Waals surface area (Å²) in [5, 5.41) is 0. The Labute approximate surface area is 197 Å². The summed E-state index contributed by atoms with van der Waals surface area (Å²) in [6.07, 6.45) is 3.35. The third-order valence-electron chi connectivity index (χ3n) is 5.62. The molecule has 0 saturated carbocycles. The highest BCUT2D eigenvalue weighted by molar-refractivity contribution is 5.89. The van der Waals surface area contributed by atoms with Crippen molar-refractivity contribution in [3.63, 3.8) is 0 Å². The summed E-state index contributed by atoms with van der Waals surface area (Å²) in [6, 6.07) is 5.23. The van der Waals surface area contributed by atoms with Crippen LogP contribution in [0.25, 0.3) is 15.9 Å². The fraction of sp³-hybridized carbons (Fsp3) is 0.458. The quantitative estimate of drug-likeness (QED) is 0.492. The van der Waals surface area contributed by atoms with Crippen molar-refractivity contribution in [1.29, 1.82) is 0 Å². The fourth-order valence-electron chi connectivity index (χ4n) is 4.06. The molecule has 3 aromatic rings. The Hall–Kier alpha value is -3.71. The van der Waals surface area contributed by atoms with Gasteiger partial charge in [-0.05, 0) is 32.9 Å². The normalized spacial score (nSPS) is 18.2. The number of aryl methyl sites for hydroxylation is 1. The van der Waals surface area contributed by atoms with E-state index in [0.29, 0.717) is 48.6 Å². The largest absolute Gasteiger partial charge is 0.488 e. The lowest BCUT2D eigenvalue weighted by molar-refractivity contribution is -0.0314. The smallest absolute Gasteiger partial charge is 0.316 e. The molecule has 10 heteroatoms. The highest BCUT2D eigenvalue weighted by Gasteiger charge is 2.34. The lowest BCUT2D eigenvalue weighted by Crippen LogP contribution is -2.51. The zero-order chi connectivity index (χ0) is 24.2. The van der Waals surface area contributed by atoms with Gasteiger partial charge >= 0.3 is 6.01 Å². The van der Waals surface area contributed by atoms with E-state index in [-0.39, 0.29) is 35.7 Å². The highest BCUT2D eigenvalue weighted by atomic mass is 16.6. The van der Waals surface area contributed by atoms with Crippen LogP contribution in [0.3, 0.4) is 0 Å². The van der Waals surface area contributed by atoms with Crippen LogP contribution in [0, 0.1) is 6.57 Å². The van der Waals surface area contributed by atoms with Crippen molar-refractivity contribution < 1.29 is 14.2 Å². The topological polar surface area (TPSA) is 96.0 Å². The number of fused-ring (bicyclic) bond motifs is 1. The van der Waals surface area contributed by atoms with Gasteiger partial charge in [-0.2, -0.15) is 9.97 Å². The van der Waals surface area contributed by atoms with E-state index in [0.717, 1.165) is 0 Å². The van der Waals surface area contributed by atoms with Gasteiger partial charge in [0.1, 0.15) is 12.2 Å². The van der Waals surface area contributed by atoms with Gasteiger partial charge in [-0.1, -0.05) is 6.57 Å². The first-order valence-electron chi connectivity index (χ1n) is 11.3. The molecule has 0 spiro atoms. The molecule has 1 aliphatic rings. The third kappa shape index (κ3) is 4.94. The second-order valence-corrected chi connectivity index (χ2v) is 8.33. The molecule has 1 fully saturated rings. The first-order valence-corrected chi connectivity index (χ1v) is 11.3. The van der Waals surface area contributed by atoms with Crippen LogP contribution in [-0.2, 0) is 11.8 Å². The van der Waals surface area contributed by atoms with Crippen molar-refractivity contribution >= 4 is 22.5 Å². The lowest BCUT2D eigenvalue weighted by Gasteiger charge is -2.38. The first-order chi connectivity index (χ1) is 16.4. The van der Waals surface area contributed by atoms with Gasteiger partial charge < -0.3 is 28.5 Å². The lowest BCUT2D eigenvalue weighted by atomic mass is 10.0. The van der Waals surface area contributed by atoms with Crippen LogP contribution in [0.2, 0.25) is 0 Å². The van der Waals surface area contributed by atoms with Crippen LogP contribution in [0.4, 0.5) is 11.5 Å². The Balaban J connectivity index is 1.58. The SMILES string of the molecule is [C-]#[N+]c1ccc2c(n1)c(N1CC[C@H](Oc3ncc(OC(C)C)cn3)[C@@H](OCC)C1)cc(=O)n2C. The maximum atomic E-state index is 12.6. The standard InChI is InChI=1S/C24H28N6O4/c1-6-32-20-14-30(10-9-19(20)34-24-26-12-16(13-27-24)33-15(2)3)18-11-22(31)29(5)17-7-8-21(25-4)28-23(17)18/h7-8,11-13,15,19-20H,6,9-10,14H2,1-3,5H3/t19-,20-/m0/s1. The second kappa shape index (κ2) is 10.1. The van der Waals surface area contributed by atoms with Crippen molar-refractivity contribution in [2.24, 2.45) is 7.05 Å². The number of piperidine rings is 1. The van der Waals surface area contributed by atoms with Crippen LogP contribution >= 0.6 is 0 Å². The third-order valence-corrected chi connectivity index (χ3v) is 5.62. The van der Waals surface area contributed by atoms with E-state index in [1.165, 1.54) is 0 Å². The molecule has 0 aromatic carbocycles. The van der Waals surface area contributed by atoms with Gasteiger partial charge in [0, 0.05) is 39.2 Å². The summed E-state index contributed by atoms with van der Waals surface area (Å²) in [7, 11) is 1.70. The molecule has 0 unspecified atom stereocenters. The van der Waals surface area contributed by atoms with Crippen LogP contribution < -0.4 is 19.9 Å². The second-order valence-electron chi connectivity index (χ2n) is 8.33. The van der Waals surface area contributed by atoms with Crippen molar-refractivity contribution in [1.82, 2.24) is 19.5 Å². The molecule has 4 heterocycles. The van der Waals surface area contributed by atoms with Gasteiger partial charge in [0.2, 0.25) is 5.52 Å². The molecule has 2 atom stereocenters. The molecule has 178 valence electrons. The van der Waals surface area contributed by atoms with Gasteiger partial charge in [-0.3, -0.25) is 4.79 Å². The monoisotopic (exact) mass is 464 g/mol. The van der Waals surface area contributed by atoms with E-state index in [1.54, 1.807) is 42.2 Å². The van der Waals surface area contributed by atoms with E-state index in [1.807, 2.05) is 20.8 Å². The summed E-state index contributed by atoms with van der Waals surface area (Å²) >= 11 is 0. The van der Waals surface area contributed by atoms with Crippen molar-refractivity contribution in [3.8, 4) is 11.8 Å². The van der Waals surface area contributed by atoms with E-state index in [2.05, 4.69) is 24.7 Å². The minimum absolute atomic E-state index is 0.0354. The zero-order valence-electron chi connectivity index (χ0n) is 19.8. The van der Waals surface area contributed by atoms with Crippen molar-refractivity contribution in [3.05, 3.63) is 52.4 Å². The average Bonchev–Trinajstić information content (AvgIpc) is 2.83. The molecule has 34 heavy (non-hydrogen) atoms. The number of ether oxygens (including phenoxy) is 3. The van der Waals surface area contributed by atoms with Gasteiger partial charge in [0.05, 0.1) is 29.7 Å². The molecule has 0 aliphatic carbocycles. The van der Waals surface area contributed by atoms with Crippen molar-refractivity contribution in [2.75, 3.05) is 24.6 Å². The predicted octanol–water partition coefficient (Wildman–Crippen LogP) is 3.12. The maximum absolute atomic E-state index is 12.6. The predicted molar refractivity (Wildman–Crippen MR) is 128 cm³/mol. The maximum Gasteiger partial charge on any atom is 0.316 e. The summed E-state index contributed by atoms with van der Waals surface area (Å²) < 4.78 is 19.2. The number of anilines is 1. The molecular weight excluding hydrogens is 436 g/mol. The number of nitrogens with zero attached hydrogens (tertiary/aromatic N) is 6. The number of hydrogen-bond donors (Lipinski definition) is 0. The van der Waals surface area contributed by atoms with Crippen LogP contribution in [0.5, 0.6) is 11.8 Å². The van der Waals surface area contributed by atoms with Gasteiger partial charge in [-0.25, -0.2) is 0 Å². The number of rotatable bonds is 7. The van der Waals surface area contributed by atoms with Crippen LogP contribution in [0.1, 0.15) is 27.2 Å². The first kappa shape index (κ1) is 23.4. The van der Waals surface area contributed by atoms with Crippen molar-refractivity contribution in [2.45, 2.75) is 45.5 Å². The molecule has 10 nitrogen and oxygen atoms in total. The Kier molecular flexibility index (Phi) is 6.93. The molecule has 0 amide bonds. The molecule has 1 aliphatic heterocycles. The Morgan fingerprint density at radius 1 is 1.24 bits per heavy atom. The average molecular weight is 465 g/mol. The van der Waals surface area contributed by atoms with Gasteiger partial charge in [-0.15, -0.1) is 4.98 Å². The van der Waals surface area contributed by atoms with Crippen LogP contribution in [-0.4, -0.2) is 57.5 Å².